The highest BCUT2D eigenvalue weighted by molar-refractivity contribution is 6.20. The Hall–Kier alpha value is -5.86. The molecular weight excluding hydrogens is 534 g/mol. The second-order valence-electron chi connectivity index (χ2n) is 11.3. The predicted molar refractivity (Wildman–Crippen MR) is 186 cm³/mol. The van der Waals surface area contributed by atoms with Gasteiger partial charge in [-0.25, -0.2) is 0 Å². The Labute approximate surface area is 255 Å². The molecule has 2 heteroatoms. The van der Waals surface area contributed by atoms with E-state index in [2.05, 4.69) is 163 Å². The Morgan fingerprint density at radius 1 is 0.386 bits per heavy atom. The molecule has 8 aromatic carbocycles. The fraction of sp³-hybridized carbons (Fsp3) is 0. The van der Waals surface area contributed by atoms with Crippen LogP contribution in [-0.4, -0.2) is 0 Å². The van der Waals surface area contributed by atoms with E-state index in [4.69, 9.17) is 4.42 Å². The van der Waals surface area contributed by atoms with Crippen molar-refractivity contribution in [3.8, 4) is 11.1 Å². The van der Waals surface area contributed by atoms with Gasteiger partial charge in [0, 0.05) is 32.6 Å². The number of furan rings is 1. The van der Waals surface area contributed by atoms with Crippen LogP contribution in [0.3, 0.4) is 0 Å². The van der Waals surface area contributed by atoms with E-state index in [0.29, 0.717) is 0 Å². The van der Waals surface area contributed by atoms with Crippen LogP contribution in [0.2, 0.25) is 0 Å². The van der Waals surface area contributed by atoms with Gasteiger partial charge in [-0.3, -0.25) is 0 Å². The van der Waals surface area contributed by atoms with Gasteiger partial charge in [-0.2, -0.15) is 0 Å². The lowest BCUT2D eigenvalue weighted by molar-refractivity contribution is 0.672. The number of fused-ring (bicyclic) bond motifs is 7. The van der Waals surface area contributed by atoms with Crippen molar-refractivity contribution >= 4 is 71.3 Å². The molecule has 44 heavy (non-hydrogen) atoms. The van der Waals surface area contributed by atoms with E-state index in [9.17, 15) is 0 Å². The lowest BCUT2D eigenvalue weighted by atomic mass is 9.97. The number of hydrogen-bond acceptors (Lipinski definition) is 2. The third-order valence-corrected chi connectivity index (χ3v) is 8.84. The monoisotopic (exact) mass is 561 g/mol. The average Bonchev–Trinajstić information content (AvgIpc) is 3.47. The Bertz CT molecular complexity index is 2490. The van der Waals surface area contributed by atoms with Crippen molar-refractivity contribution in [3.05, 3.63) is 164 Å². The summed E-state index contributed by atoms with van der Waals surface area (Å²) in [5, 5.41) is 9.41. The number of benzene rings is 8. The quantitative estimate of drug-likeness (QED) is 0.212. The summed E-state index contributed by atoms with van der Waals surface area (Å²) in [5.41, 5.74) is 7.62. The first kappa shape index (κ1) is 24.7. The summed E-state index contributed by atoms with van der Waals surface area (Å²) in [6.07, 6.45) is 0. The van der Waals surface area contributed by atoms with Crippen LogP contribution in [0.15, 0.2) is 168 Å². The molecule has 0 fully saturated rings. The van der Waals surface area contributed by atoms with Crippen LogP contribution in [-0.2, 0) is 0 Å². The third kappa shape index (κ3) is 3.82. The van der Waals surface area contributed by atoms with E-state index >= 15 is 0 Å². The van der Waals surface area contributed by atoms with E-state index < -0.39 is 0 Å². The zero-order valence-corrected chi connectivity index (χ0v) is 23.9. The molecule has 0 atom stereocenters. The van der Waals surface area contributed by atoms with E-state index in [0.717, 1.165) is 49.8 Å². The average molecular weight is 562 g/mol. The minimum atomic E-state index is 0.904. The summed E-state index contributed by atoms with van der Waals surface area (Å²) in [7, 11) is 0. The number of anilines is 3. The Morgan fingerprint density at radius 3 is 1.77 bits per heavy atom. The summed E-state index contributed by atoms with van der Waals surface area (Å²) in [6, 6.07) is 58.6. The molecule has 0 aliphatic heterocycles. The molecule has 0 saturated carbocycles. The summed E-state index contributed by atoms with van der Waals surface area (Å²) in [4.78, 5) is 2.42. The van der Waals surface area contributed by atoms with Crippen molar-refractivity contribution in [2.75, 3.05) is 4.90 Å². The van der Waals surface area contributed by atoms with Gasteiger partial charge >= 0.3 is 0 Å². The van der Waals surface area contributed by atoms with Gasteiger partial charge in [-0.05, 0) is 57.6 Å². The lowest BCUT2D eigenvalue weighted by Crippen LogP contribution is -2.11. The summed E-state index contributed by atoms with van der Waals surface area (Å²) in [5.74, 6) is 0. The van der Waals surface area contributed by atoms with Gasteiger partial charge in [0.15, 0.2) is 0 Å². The first-order chi connectivity index (χ1) is 21.8. The zero-order chi connectivity index (χ0) is 29.0. The topological polar surface area (TPSA) is 16.4 Å². The van der Waals surface area contributed by atoms with Gasteiger partial charge in [0.25, 0.3) is 0 Å². The second-order valence-corrected chi connectivity index (χ2v) is 11.3. The molecule has 0 unspecified atom stereocenters. The molecule has 9 aromatic rings. The first-order valence-corrected chi connectivity index (χ1v) is 15.0. The van der Waals surface area contributed by atoms with Crippen molar-refractivity contribution in [1.29, 1.82) is 0 Å². The van der Waals surface area contributed by atoms with Crippen LogP contribution in [0.5, 0.6) is 0 Å². The highest BCUT2D eigenvalue weighted by Crippen LogP contribution is 2.46. The molecule has 2 nitrogen and oxygen atoms in total. The van der Waals surface area contributed by atoms with Gasteiger partial charge in [0.1, 0.15) is 11.2 Å². The molecule has 0 spiro atoms. The largest absolute Gasteiger partial charge is 0.455 e. The number of nitrogens with zero attached hydrogens (tertiary/aromatic N) is 1. The van der Waals surface area contributed by atoms with Crippen LogP contribution in [0.25, 0.3) is 65.4 Å². The van der Waals surface area contributed by atoms with Crippen LogP contribution in [0, 0.1) is 0 Å². The fourth-order valence-corrected chi connectivity index (χ4v) is 6.79. The van der Waals surface area contributed by atoms with Crippen molar-refractivity contribution < 1.29 is 4.42 Å². The highest BCUT2D eigenvalue weighted by Gasteiger charge is 2.21. The van der Waals surface area contributed by atoms with Gasteiger partial charge < -0.3 is 9.32 Å². The predicted octanol–water partition coefficient (Wildman–Crippen LogP) is 12.2. The smallest absolute Gasteiger partial charge is 0.143 e. The van der Waals surface area contributed by atoms with Gasteiger partial charge in [-0.15, -0.1) is 0 Å². The van der Waals surface area contributed by atoms with E-state index in [1.807, 2.05) is 6.07 Å². The fourth-order valence-electron chi connectivity index (χ4n) is 6.79. The minimum absolute atomic E-state index is 0.904. The maximum absolute atomic E-state index is 6.46. The first-order valence-electron chi connectivity index (χ1n) is 15.0. The molecular formula is C42H27NO. The molecule has 9 rings (SSSR count). The minimum Gasteiger partial charge on any atom is -0.455 e. The van der Waals surface area contributed by atoms with E-state index in [-0.39, 0.29) is 0 Å². The van der Waals surface area contributed by atoms with E-state index in [1.54, 1.807) is 0 Å². The highest BCUT2D eigenvalue weighted by atomic mass is 16.3. The Morgan fingerprint density at radius 2 is 0.977 bits per heavy atom. The van der Waals surface area contributed by atoms with Crippen LogP contribution < -0.4 is 4.90 Å². The molecule has 1 heterocycles. The molecule has 0 bridgehead atoms. The third-order valence-electron chi connectivity index (χ3n) is 8.84. The number of para-hydroxylation sites is 1. The lowest BCUT2D eigenvalue weighted by Gasteiger charge is -2.28. The molecule has 206 valence electrons. The van der Waals surface area contributed by atoms with Crippen molar-refractivity contribution in [2.24, 2.45) is 0 Å². The molecule has 0 radical (unpaired) electrons. The SMILES string of the molecule is c1ccc2c(-c3ccc(N(c4cccc5ccccc45)c4cc5c6ccccc6oc5c5ccccc45)cc3)cccc2c1. The maximum Gasteiger partial charge on any atom is 0.143 e. The maximum atomic E-state index is 6.46. The normalized spacial score (nSPS) is 11.6. The molecule has 0 saturated heterocycles. The molecule has 0 aliphatic rings. The van der Waals surface area contributed by atoms with Crippen LogP contribution >= 0.6 is 0 Å². The number of hydrogen-bond donors (Lipinski definition) is 0. The van der Waals surface area contributed by atoms with Crippen LogP contribution in [0.4, 0.5) is 17.1 Å². The standard InChI is InChI=1S/C42H27NO/c1-3-15-32-28(11-1)13-9-20-33(32)30-23-25-31(26-24-30)43(39-21-10-14-29-12-2-4-16-34(29)39)40-27-38-36-18-7-8-22-41(36)44-42(38)37-19-6-5-17-35(37)40/h1-27H. The Kier molecular flexibility index (Phi) is 5.54. The summed E-state index contributed by atoms with van der Waals surface area (Å²) >= 11 is 0. The Balaban J connectivity index is 1.32. The number of rotatable bonds is 4. The van der Waals surface area contributed by atoms with Crippen molar-refractivity contribution in [2.45, 2.75) is 0 Å². The summed E-state index contributed by atoms with van der Waals surface area (Å²) in [6.45, 7) is 0. The van der Waals surface area contributed by atoms with Crippen molar-refractivity contribution in [3.63, 3.8) is 0 Å². The molecule has 0 amide bonds. The zero-order valence-electron chi connectivity index (χ0n) is 23.9. The molecule has 0 aliphatic carbocycles. The van der Waals surface area contributed by atoms with Crippen LogP contribution in [0.1, 0.15) is 0 Å². The molecule has 1 aromatic heterocycles. The van der Waals surface area contributed by atoms with Gasteiger partial charge in [0.05, 0.1) is 11.4 Å². The van der Waals surface area contributed by atoms with E-state index in [1.165, 1.54) is 32.7 Å². The van der Waals surface area contributed by atoms with Gasteiger partial charge in [-0.1, -0.05) is 133 Å². The second kappa shape index (κ2) is 9.86. The molecule has 0 N–H and O–H groups in total. The summed E-state index contributed by atoms with van der Waals surface area (Å²) < 4.78 is 6.46. The van der Waals surface area contributed by atoms with Crippen molar-refractivity contribution in [1.82, 2.24) is 0 Å². The van der Waals surface area contributed by atoms with Gasteiger partial charge in [0.2, 0.25) is 0 Å².